The number of hydrogen-bond donors (Lipinski definition) is 2. The van der Waals surface area contributed by atoms with E-state index in [1.807, 2.05) is 0 Å². The molecule has 4 rings (SSSR count). The summed E-state index contributed by atoms with van der Waals surface area (Å²) < 4.78 is 44.6. The average Bonchev–Trinajstić information content (AvgIpc) is 2.76. The number of ether oxygens (including phenoxy) is 1. The van der Waals surface area contributed by atoms with Crippen molar-refractivity contribution in [3.05, 3.63) is 23.3 Å². The fourth-order valence-electron chi connectivity index (χ4n) is 5.36. The Kier molecular flexibility index (Phi) is 9.76. The lowest BCUT2D eigenvalue weighted by Crippen LogP contribution is -2.60. The lowest BCUT2D eigenvalue weighted by atomic mass is 9.61. The maximum absolute atomic E-state index is 13.3. The van der Waals surface area contributed by atoms with Gasteiger partial charge in [0.25, 0.3) is 0 Å². The smallest absolute Gasteiger partial charge is 0.379 e. The van der Waals surface area contributed by atoms with E-state index >= 15 is 0 Å². The molecule has 3 atom stereocenters. The van der Waals surface area contributed by atoms with Gasteiger partial charge in [0.2, 0.25) is 5.91 Å². The second-order valence-corrected chi connectivity index (χ2v) is 8.89. The SMILES string of the molecule is Cc1cc(C(F)(F)F)nc(CNC(=O)[C@@]23CC[C@H](N4CCOCC4)C[C@H]2CCNC3)n1.Cl.Cl. The quantitative estimate of drug-likeness (QED) is 0.644. The van der Waals surface area contributed by atoms with Crippen molar-refractivity contribution in [3.8, 4) is 0 Å². The van der Waals surface area contributed by atoms with Gasteiger partial charge in [0.15, 0.2) is 0 Å². The Hall–Kier alpha value is -1.20. The van der Waals surface area contributed by atoms with Crippen LogP contribution in [0.4, 0.5) is 13.2 Å². The lowest BCUT2D eigenvalue weighted by Gasteiger charge is -2.50. The van der Waals surface area contributed by atoms with Crippen LogP contribution in [0.2, 0.25) is 0 Å². The molecule has 3 heterocycles. The highest BCUT2D eigenvalue weighted by atomic mass is 35.5. The van der Waals surface area contributed by atoms with Crippen molar-refractivity contribution in [2.75, 3.05) is 39.4 Å². The van der Waals surface area contributed by atoms with Crippen molar-refractivity contribution < 1.29 is 22.7 Å². The molecule has 1 aliphatic carbocycles. The minimum absolute atomic E-state index is 0. The molecule has 12 heteroatoms. The Morgan fingerprint density at radius 1 is 1.27 bits per heavy atom. The number of aromatic nitrogens is 2. The predicted octanol–water partition coefficient (Wildman–Crippen LogP) is 2.74. The molecule has 33 heavy (non-hydrogen) atoms. The summed E-state index contributed by atoms with van der Waals surface area (Å²) in [5.41, 5.74) is -1.28. The molecule has 0 aromatic carbocycles. The standard InChI is InChI=1S/C21H30F3N5O2.2ClH/c1-14-10-17(21(22,23)24)28-18(27-14)12-26-19(30)20-4-2-16(29-6-8-31-9-7-29)11-15(20)3-5-25-13-20;;/h10,15-16,25H,2-9,11-13H2,1H3,(H,26,30);2*1H/t15-,16+,20-;;/m1../s1. The zero-order chi connectivity index (χ0) is 22.1. The van der Waals surface area contributed by atoms with Gasteiger partial charge in [0, 0.05) is 31.4 Å². The van der Waals surface area contributed by atoms with Gasteiger partial charge >= 0.3 is 6.18 Å². The molecule has 188 valence electrons. The number of piperidine rings is 1. The molecular weight excluding hydrogens is 482 g/mol. The zero-order valence-corrected chi connectivity index (χ0v) is 20.3. The summed E-state index contributed by atoms with van der Waals surface area (Å²) in [6.45, 7) is 6.24. The molecule has 3 fully saturated rings. The number of morpholine rings is 1. The maximum atomic E-state index is 13.3. The van der Waals surface area contributed by atoms with E-state index in [0.29, 0.717) is 12.6 Å². The molecule has 1 aromatic rings. The van der Waals surface area contributed by atoms with Crippen LogP contribution in [0.25, 0.3) is 0 Å². The number of aryl methyl sites for hydroxylation is 1. The van der Waals surface area contributed by atoms with Gasteiger partial charge in [-0.1, -0.05) is 0 Å². The van der Waals surface area contributed by atoms with Crippen LogP contribution >= 0.6 is 24.8 Å². The van der Waals surface area contributed by atoms with E-state index in [-0.39, 0.29) is 54.7 Å². The van der Waals surface area contributed by atoms with Crippen molar-refractivity contribution in [2.45, 2.75) is 51.4 Å². The van der Waals surface area contributed by atoms with E-state index in [1.54, 1.807) is 0 Å². The number of carbonyl (C=O) groups is 1. The number of hydrogen-bond acceptors (Lipinski definition) is 6. The Balaban J connectivity index is 0.00000193. The first-order chi connectivity index (χ1) is 14.8. The highest BCUT2D eigenvalue weighted by Crippen LogP contribution is 2.46. The summed E-state index contributed by atoms with van der Waals surface area (Å²) in [5, 5.41) is 6.22. The fraction of sp³-hybridized carbons (Fsp3) is 0.762. The third kappa shape index (κ3) is 6.28. The molecule has 1 amide bonds. The normalized spacial score (nSPS) is 28.1. The number of carbonyl (C=O) groups excluding carboxylic acids is 1. The third-order valence-electron chi connectivity index (χ3n) is 6.98. The molecule has 2 N–H and O–H groups in total. The van der Waals surface area contributed by atoms with Crippen LogP contribution in [0.15, 0.2) is 6.07 Å². The number of halogens is 5. The number of amides is 1. The van der Waals surface area contributed by atoms with Gasteiger partial charge in [-0.3, -0.25) is 9.69 Å². The van der Waals surface area contributed by atoms with Crippen molar-refractivity contribution in [1.82, 2.24) is 25.5 Å². The van der Waals surface area contributed by atoms with Crippen LogP contribution in [0.5, 0.6) is 0 Å². The number of rotatable bonds is 4. The average molecular weight is 514 g/mol. The van der Waals surface area contributed by atoms with Crippen molar-refractivity contribution >= 4 is 30.7 Å². The van der Waals surface area contributed by atoms with Crippen molar-refractivity contribution in [2.24, 2.45) is 11.3 Å². The number of nitrogens with zero attached hydrogens (tertiary/aromatic N) is 3. The minimum atomic E-state index is -4.54. The number of alkyl halides is 3. The van der Waals surface area contributed by atoms with Crippen LogP contribution in [-0.2, 0) is 22.3 Å². The molecule has 0 unspecified atom stereocenters. The van der Waals surface area contributed by atoms with Crippen LogP contribution in [0, 0.1) is 18.3 Å². The van der Waals surface area contributed by atoms with E-state index in [4.69, 9.17) is 4.74 Å². The Morgan fingerprint density at radius 2 is 2.00 bits per heavy atom. The first-order valence-corrected chi connectivity index (χ1v) is 11.0. The number of nitrogens with one attached hydrogen (secondary N) is 2. The topological polar surface area (TPSA) is 79.4 Å². The Morgan fingerprint density at radius 3 is 2.70 bits per heavy atom. The summed E-state index contributed by atoms with van der Waals surface area (Å²) >= 11 is 0. The van der Waals surface area contributed by atoms with E-state index < -0.39 is 17.3 Å². The van der Waals surface area contributed by atoms with E-state index in [0.717, 1.165) is 64.6 Å². The maximum Gasteiger partial charge on any atom is 0.433 e. The summed E-state index contributed by atoms with van der Waals surface area (Å²) in [7, 11) is 0. The molecular formula is C21H32Cl2F3N5O2. The molecule has 0 radical (unpaired) electrons. The van der Waals surface area contributed by atoms with Gasteiger partial charge < -0.3 is 15.4 Å². The predicted molar refractivity (Wildman–Crippen MR) is 122 cm³/mol. The van der Waals surface area contributed by atoms with Gasteiger partial charge in [0.1, 0.15) is 11.5 Å². The minimum Gasteiger partial charge on any atom is -0.379 e. The van der Waals surface area contributed by atoms with E-state index in [1.165, 1.54) is 6.92 Å². The second-order valence-electron chi connectivity index (χ2n) is 8.89. The van der Waals surface area contributed by atoms with Crippen LogP contribution < -0.4 is 10.6 Å². The Labute approximate surface area is 204 Å². The number of fused-ring (bicyclic) bond motifs is 1. The summed E-state index contributed by atoms with van der Waals surface area (Å²) in [6.07, 6.45) is -0.950. The van der Waals surface area contributed by atoms with Gasteiger partial charge in [-0.2, -0.15) is 13.2 Å². The van der Waals surface area contributed by atoms with Gasteiger partial charge in [-0.25, -0.2) is 9.97 Å². The largest absolute Gasteiger partial charge is 0.433 e. The molecule has 3 aliphatic rings. The van der Waals surface area contributed by atoms with E-state index in [9.17, 15) is 18.0 Å². The summed E-state index contributed by atoms with van der Waals surface area (Å²) in [5.74, 6) is 0.127. The molecule has 1 aromatic heterocycles. The van der Waals surface area contributed by atoms with Gasteiger partial charge in [-0.05, 0) is 51.1 Å². The van der Waals surface area contributed by atoms with E-state index in [2.05, 4.69) is 25.5 Å². The molecule has 2 saturated heterocycles. The van der Waals surface area contributed by atoms with Crippen LogP contribution in [0.3, 0.4) is 0 Å². The first kappa shape index (κ1) is 28.0. The Bertz CT molecular complexity index is 811. The highest BCUT2D eigenvalue weighted by molar-refractivity contribution is 5.85. The fourth-order valence-corrected chi connectivity index (χ4v) is 5.36. The third-order valence-corrected chi connectivity index (χ3v) is 6.98. The molecule has 0 bridgehead atoms. The van der Waals surface area contributed by atoms with Crippen LogP contribution in [-0.4, -0.2) is 66.2 Å². The lowest BCUT2D eigenvalue weighted by molar-refractivity contribution is -0.141. The molecule has 1 saturated carbocycles. The molecule has 7 nitrogen and oxygen atoms in total. The zero-order valence-electron chi connectivity index (χ0n) is 18.6. The van der Waals surface area contributed by atoms with Crippen molar-refractivity contribution in [1.29, 1.82) is 0 Å². The second kappa shape index (κ2) is 11.5. The van der Waals surface area contributed by atoms with Crippen molar-refractivity contribution in [3.63, 3.8) is 0 Å². The summed E-state index contributed by atoms with van der Waals surface area (Å²) in [4.78, 5) is 23.5. The van der Waals surface area contributed by atoms with Gasteiger partial charge in [-0.15, -0.1) is 24.8 Å². The van der Waals surface area contributed by atoms with Crippen LogP contribution in [0.1, 0.15) is 42.9 Å². The molecule has 2 aliphatic heterocycles. The molecule has 0 spiro atoms. The summed E-state index contributed by atoms with van der Waals surface area (Å²) in [6, 6.07) is 1.38. The first-order valence-electron chi connectivity index (χ1n) is 11.0. The highest BCUT2D eigenvalue weighted by Gasteiger charge is 2.50. The van der Waals surface area contributed by atoms with Gasteiger partial charge in [0.05, 0.1) is 25.2 Å². The monoisotopic (exact) mass is 513 g/mol.